The summed E-state index contributed by atoms with van der Waals surface area (Å²) in [5.74, 6) is 0.883. The molecule has 116 valence electrons. The maximum Gasteiger partial charge on any atom is 0.404 e. The van der Waals surface area contributed by atoms with Gasteiger partial charge < -0.3 is 14.8 Å². The van der Waals surface area contributed by atoms with Gasteiger partial charge in [-0.1, -0.05) is 12.1 Å². The van der Waals surface area contributed by atoms with Gasteiger partial charge >= 0.3 is 6.09 Å². The van der Waals surface area contributed by atoms with Crippen LogP contribution in [0.5, 0.6) is 0 Å². The molecule has 5 heteroatoms. The van der Waals surface area contributed by atoms with Crippen molar-refractivity contribution in [1.29, 1.82) is 0 Å². The van der Waals surface area contributed by atoms with Crippen LogP contribution >= 0.6 is 0 Å². The highest BCUT2D eigenvalue weighted by Crippen LogP contribution is 2.57. The Morgan fingerprint density at radius 2 is 1.86 bits per heavy atom. The second-order valence-corrected chi connectivity index (χ2v) is 6.93. The molecule has 3 aliphatic carbocycles. The Kier molecular flexibility index (Phi) is 2.93. The van der Waals surface area contributed by atoms with Gasteiger partial charge in [-0.25, -0.2) is 9.78 Å². The minimum Gasteiger partial charge on any atom is -0.465 e. The van der Waals surface area contributed by atoms with Crippen LogP contribution in [0.25, 0.3) is 11.1 Å². The van der Waals surface area contributed by atoms with E-state index in [2.05, 4.69) is 5.32 Å². The Hall–Kier alpha value is -2.04. The number of benzene rings is 1. The number of nitrogens with zero attached hydrogens (tertiary/aromatic N) is 1. The van der Waals surface area contributed by atoms with Gasteiger partial charge in [0.05, 0.1) is 0 Å². The van der Waals surface area contributed by atoms with Crippen molar-refractivity contribution in [3.05, 3.63) is 30.2 Å². The highest BCUT2D eigenvalue weighted by Gasteiger charge is 2.51. The SMILES string of the molecule is O=C(O)NCC12CCC(c3nc4ccccc4o3)(CC1)CC2. The van der Waals surface area contributed by atoms with Gasteiger partial charge in [0, 0.05) is 12.0 Å². The van der Waals surface area contributed by atoms with Crippen molar-refractivity contribution < 1.29 is 14.3 Å². The largest absolute Gasteiger partial charge is 0.465 e. The summed E-state index contributed by atoms with van der Waals surface area (Å²) in [7, 11) is 0. The summed E-state index contributed by atoms with van der Waals surface area (Å²) >= 11 is 0. The lowest BCUT2D eigenvalue weighted by Crippen LogP contribution is -2.49. The molecule has 1 amide bonds. The molecule has 2 aromatic rings. The van der Waals surface area contributed by atoms with Gasteiger partial charge in [0.2, 0.25) is 5.89 Å². The summed E-state index contributed by atoms with van der Waals surface area (Å²) in [6.07, 6.45) is 5.35. The Morgan fingerprint density at radius 1 is 1.18 bits per heavy atom. The fraction of sp³-hybridized carbons (Fsp3) is 0.529. The molecule has 1 heterocycles. The third-order valence-corrected chi connectivity index (χ3v) is 5.76. The molecule has 3 aliphatic rings. The van der Waals surface area contributed by atoms with Gasteiger partial charge in [0.25, 0.3) is 0 Å². The number of aromatic nitrogens is 1. The first-order valence-electron chi connectivity index (χ1n) is 7.94. The van der Waals surface area contributed by atoms with Crippen molar-refractivity contribution in [1.82, 2.24) is 10.3 Å². The molecule has 0 aliphatic heterocycles. The summed E-state index contributed by atoms with van der Waals surface area (Å²) in [6.45, 7) is 0.575. The van der Waals surface area contributed by atoms with Crippen LogP contribution in [0, 0.1) is 5.41 Å². The Balaban J connectivity index is 1.57. The minimum atomic E-state index is -0.921. The molecule has 5 rings (SSSR count). The van der Waals surface area contributed by atoms with Gasteiger partial charge in [0.1, 0.15) is 5.52 Å². The Labute approximate surface area is 128 Å². The number of para-hydroxylation sites is 2. The molecule has 3 saturated carbocycles. The van der Waals surface area contributed by atoms with Crippen LogP contribution in [0.3, 0.4) is 0 Å². The van der Waals surface area contributed by atoms with E-state index in [1.807, 2.05) is 24.3 Å². The third kappa shape index (κ3) is 2.07. The summed E-state index contributed by atoms with van der Waals surface area (Å²) in [5.41, 5.74) is 2.00. The van der Waals surface area contributed by atoms with E-state index in [9.17, 15) is 4.79 Å². The Bertz CT molecular complexity index is 664. The van der Waals surface area contributed by atoms with E-state index >= 15 is 0 Å². The first kappa shape index (κ1) is 13.6. The summed E-state index contributed by atoms with van der Waals surface area (Å²) in [6, 6.07) is 7.91. The summed E-state index contributed by atoms with van der Waals surface area (Å²) < 4.78 is 6.04. The van der Waals surface area contributed by atoms with Crippen LogP contribution in [-0.2, 0) is 5.41 Å². The van der Waals surface area contributed by atoms with Crippen molar-refractivity contribution in [3.8, 4) is 0 Å². The van der Waals surface area contributed by atoms with Crippen molar-refractivity contribution in [2.75, 3.05) is 6.54 Å². The molecule has 0 unspecified atom stereocenters. The number of hydrogen-bond donors (Lipinski definition) is 2. The number of oxazole rings is 1. The van der Waals surface area contributed by atoms with Crippen LogP contribution in [0.4, 0.5) is 4.79 Å². The Morgan fingerprint density at radius 3 is 2.50 bits per heavy atom. The van der Waals surface area contributed by atoms with E-state index in [0.29, 0.717) is 6.54 Å². The fourth-order valence-corrected chi connectivity index (χ4v) is 4.21. The van der Waals surface area contributed by atoms with Crippen LogP contribution < -0.4 is 5.32 Å². The van der Waals surface area contributed by atoms with E-state index in [4.69, 9.17) is 14.5 Å². The molecular formula is C17H20N2O3. The number of fused-ring (bicyclic) bond motifs is 4. The molecule has 1 aromatic heterocycles. The van der Waals surface area contributed by atoms with E-state index in [0.717, 1.165) is 55.5 Å². The average Bonchev–Trinajstić information content (AvgIpc) is 3.00. The predicted octanol–water partition coefficient (Wildman–Crippen LogP) is 3.69. The van der Waals surface area contributed by atoms with Gasteiger partial charge in [-0.3, -0.25) is 0 Å². The second-order valence-electron chi connectivity index (χ2n) is 6.93. The van der Waals surface area contributed by atoms with Crippen LogP contribution in [0.1, 0.15) is 44.4 Å². The van der Waals surface area contributed by atoms with E-state index in [-0.39, 0.29) is 10.8 Å². The van der Waals surface area contributed by atoms with E-state index in [1.54, 1.807) is 0 Å². The molecule has 2 bridgehead atoms. The van der Waals surface area contributed by atoms with Crippen molar-refractivity contribution in [2.45, 2.75) is 43.9 Å². The number of nitrogens with one attached hydrogen (secondary N) is 1. The van der Waals surface area contributed by atoms with Crippen molar-refractivity contribution in [3.63, 3.8) is 0 Å². The highest BCUT2D eigenvalue weighted by molar-refractivity contribution is 5.72. The van der Waals surface area contributed by atoms with Gasteiger partial charge in [-0.05, 0) is 56.1 Å². The number of carbonyl (C=O) groups is 1. The predicted molar refractivity (Wildman–Crippen MR) is 81.8 cm³/mol. The summed E-state index contributed by atoms with van der Waals surface area (Å²) in [4.78, 5) is 15.5. The summed E-state index contributed by atoms with van der Waals surface area (Å²) in [5, 5.41) is 11.4. The van der Waals surface area contributed by atoms with Crippen molar-refractivity contribution in [2.24, 2.45) is 5.41 Å². The molecule has 0 radical (unpaired) electrons. The molecule has 0 saturated heterocycles. The van der Waals surface area contributed by atoms with E-state index in [1.165, 1.54) is 0 Å². The molecule has 5 nitrogen and oxygen atoms in total. The molecule has 3 fully saturated rings. The number of rotatable bonds is 3. The van der Waals surface area contributed by atoms with Crippen molar-refractivity contribution >= 4 is 17.2 Å². The minimum absolute atomic E-state index is 0.0595. The van der Waals surface area contributed by atoms with E-state index < -0.39 is 6.09 Å². The van der Waals surface area contributed by atoms with Gasteiger partial charge in [0.15, 0.2) is 5.58 Å². The first-order chi connectivity index (χ1) is 10.6. The lowest BCUT2D eigenvalue weighted by Gasteiger charge is -2.52. The average molecular weight is 300 g/mol. The second kappa shape index (κ2) is 4.73. The van der Waals surface area contributed by atoms with Gasteiger partial charge in [-0.15, -0.1) is 0 Å². The lowest BCUT2D eigenvalue weighted by molar-refractivity contribution is 0.0274. The standard InChI is InChI=1S/C17H20N2O3/c20-15(21)18-11-16-5-8-17(9-6-16,10-7-16)14-19-12-3-1-2-4-13(12)22-14/h1-4,18H,5-11H2,(H,20,21). The molecule has 22 heavy (non-hydrogen) atoms. The first-order valence-corrected chi connectivity index (χ1v) is 7.94. The lowest BCUT2D eigenvalue weighted by atomic mass is 9.53. The molecule has 1 aromatic carbocycles. The third-order valence-electron chi connectivity index (χ3n) is 5.76. The van der Waals surface area contributed by atoms with Crippen LogP contribution in [-0.4, -0.2) is 22.7 Å². The molecule has 0 spiro atoms. The number of carboxylic acid groups (broad SMARTS) is 1. The van der Waals surface area contributed by atoms with Crippen LogP contribution in [0.2, 0.25) is 0 Å². The fourth-order valence-electron chi connectivity index (χ4n) is 4.21. The molecule has 2 N–H and O–H groups in total. The maximum absolute atomic E-state index is 10.8. The van der Waals surface area contributed by atoms with Crippen LogP contribution in [0.15, 0.2) is 28.7 Å². The zero-order chi connectivity index (χ0) is 15.2. The molecule has 0 atom stereocenters. The number of hydrogen-bond acceptors (Lipinski definition) is 3. The zero-order valence-corrected chi connectivity index (χ0v) is 12.5. The number of amides is 1. The normalized spacial score (nSPS) is 30.5. The zero-order valence-electron chi connectivity index (χ0n) is 12.5. The maximum atomic E-state index is 10.8. The monoisotopic (exact) mass is 300 g/mol. The van der Waals surface area contributed by atoms with Gasteiger partial charge in [-0.2, -0.15) is 0 Å². The highest BCUT2D eigenvalue weighted by atomic mass is 16.4. The topological polar surface area (TPSA) is 75.4 Å². The molecular weight excluding hydrogens is 280 g/mol. The smallest absolute Gasteiger partial charge is 0.404 e. The quantitative estimate of drug-likeness (QED) is 0.906.